The summed E-state index contributed by atoms with van der Waals surface area (Å²) in [5.41, 5.74) is 20.7. The molecule has 0 spiro atoms. The monoisotopic (exact) mass is 1030 g/mol. The first kappa shape index (κ1) is 50.2. The van der Waals surface area contributed by atoms with E-state index < -0.39 is 16.2 Å². The van der Waals surface area contributed by atoms with Crippen molar-refractivity contribution in [2.45, 2.75) is 41.9 Å². The van der Waals surface area contributed by atoms with Gasteiger partial charge in [0.15, 0.2) is 0 Å². The molecule has 10 aromatic rings. The highest BCUT2D eigenvalue weighted by Gasteiger charge is 2.53. The van der Waals surface area contributed by atoms with Gasteiger partial charge in [-0.2, -0.15) is 0 Å². The van der Waals surface area contributed by atoms with Crippen LogP contribution in [0, 0.1) is 0 Å². The van der Waals surface area contributed by atoms with Crippen molar-refractivity contribution in [1.82, 2.24) is 0 Å². The largest absolute Gasteiger partial charge is 0.491 e. The molecule has 0 aromatic heterocycles. The SMILES string of the molecule is OCCCc1ccc(C2(c3ccc(OCCO)cc3)c3ccccc3-c3ccccc32)cc1C1(c2cc(C3(c4ccc(OCCO)cc4)c4ccccc4-c4ccccc43)ccc2CCCO)c2ccccc2-c2ccccc21. The average Bonchev–Trinajstić information content (AvgIpc) is 4.08. The van der Waals surface area contributed by atoms with Crippen molar-refractivity contribution in [3.05, 3.63) is 308 Å². The van der Waals surface area contributed by atoms with Crippen molar-refractivity contribution in [3.63, 3.8) is 0 Å². The summed E-state index contributed by atoms with van der Waals surface area (Å²) in [6.07, 6.45) is 2.42. The summed E-state index contributed by atoms with van der Waals surface area (Å²) in [5, 5.41) is 41.0. The molecule has 0 bridgehead atoms. The van der Waals surface area contributed by atoms with Crippen LogP contribution in [0.25, 0.3) is 33.4 Å². The topological polar surface area (TPSA) is 99.4 Å². The molecule has 4 N–H and O–H groups in total. The van der Waals surface area contributed by atoms with Crippen molar-refractivity contribution in [2.24, 2.45) is 0 Å². The van der Waals surface area contributed by atoms with Crippen LogP contribution in [0.4, 0.5) is 0 Å². The Balaban J connectivity index is 1.16. The number of benzene rings is 10. The fourth-order valence-electron chi connectivity index (χ4n) is 14.2. The van der Waals surface area contributed by atoms with Crippen LogP contribution in [-0.4, -0.2) is 60.1 Å². The van der Waals surface area contributed by atoms with Crippen LogP contribution in [0.5, 0.6) is 11.5 Å². The second-order valence-electron chi connectivity index (χ2n) is 21.1. The van der Waals surface area contributed by atoms with Gasteiger partial charge in [-0.05, 0) is 161 Å². The Bertz CT molecular complexity index is 3530. The molecule has 79 heavy (non-hydrogen) atoms. The molecule has 10 aromatic carbocycles. The number of aliphatic hydroxyl groups excluding tert-OH is 4. The van der Waals surface area contributed by atoms with E-state index in [1.807, 2.05) is 24.3 Å². The lowest BCUT2D eigenvalue weighted by Gasteiger charge is -2.41. The van der Waals surface area contributed by atoms with Crippen molar-refractivity contribution in [1.29, 1.82) is 0 Å². The maximum absolute atomic E-state index is 10.8. The smallest absolute Gasteiger partial charge is 0.119 e. The zero-order chi connectivity index (χ0) is 53.6. The third kappa shape index (κ3) is 7.68. The van der Waals surface area contributed by atoms with Gasteiger partial charge >= 0.3 is 0 Å². The Morgan fingerprint density at radius 3 is 0.835 bits per heavy atom. The van der Waals surface area contributed by atoms with Crippen molar-refractivity contribution >= 4 is 0 Å². The Kier molecular flexibility index (Phi) is 13.2. The quantitative estimate of drug-likeness (QED) is 0.0683. The molecule has 0 radical (unpaired) electrons. The number of rotatable bonds is 18. The van der Waals surface area contributed by atoms with Gasteiger partial charge < -0.3 is 29.9 Å². The summed E-state index contributed by atoms with van der Waals surface area (Å²) < 4.78 is 12.0. The van der Waals surface area contributed by atoms with Gasteiger partial charge in [-0.25, -0.2) is 0 Å². The predicted molar refractivity (Wildman–Crippen MR) is 314 cm³/mol. The lowest BCUT2D eigenvalue weighted by Crippen LogP contribution is -2.35. The minimum absolute atomic E-state index is 0.0408. The maximum Gasteiger partial charge on any atom is 0.119 e. The van der Waals surface area contributed by atoms with Crippen LogP contribution in [0.1, 0.15) is 90.7 Å². The van der Waals surface area contributed by atoms with Crippen LogP contribution in [0.2, 0.25) is 0 Å². The summed E-state index contributed by atoms with van der Waals surface area (Å²) in [4.78, 5) is 0. The minimum Gasteiger partial charge on any atom is -0.491 e. The molecule has 3 aliphatic carbocycles. The first-order valence-electron chi connectivity index (χ1n) is 27.8. The Labute approximate surface area is 462 Å². The molecule has 6 nitrogen and oxygen atoms in total. The summed E-state index contributed by atoms with van der Waals surface area (Å²) >= 11 is 0. The fourth-order valence-corrected chi connectivity index (χ4v) is 14.2. The summed E-state index contributed by atoms with van der Waals surface area (Å²) in [6, 6.07) is 84.5. The van der Waals surface area contributed by atoms with Crippen LogP contribution in [0.3, 0.4) is 0 Å². The lowest BCUT2D eigenvalue weighted by molar-refractivity contribution is 0.201. The molecular formula is C73H62O6. The van der Waals surface area contributed by atoms with Crippen molar-refractivity contribution in [3.8, 4) is 44.9 Å². The molecule has 13 rings (SSSR count). The van der Waals surface area contributed by atoms with E-state index >= 15 is 0 Å². The summed E-state index contributed by atoms with van der Waals surface area (Å²) in [7, 11) is 0. The molecule has 0 heterocycles. The van der Waals surface area contributed by atoms with Gasteiger partial charge in [0.05, 0.1) is 29.5 Å². The molecule has 0 fully saturated rings. The molecule has 6 heteroatoms. The molecule has 390 valence electrons. The maximum atomic E-state index is 10.8. The van der Waals surface area contributed by atoms with E-state index in [0.717, 1.165) is 44.5 Å². The predicted octanol–water partition coefficient (Wildman–Crippen LogP) is 13.4. The number of hydrogen-bond donors (Lipinski definition) is 4. The van der Waals surface area contributed by atoms with Crippen LogP contribution in [0.15, 0.2) is 231 Å². The van der Waals surface area contributed by atoms with Crippen molar-refractivity contribution in [2.75, 3.05) is 39.6 Å². The van der Waals surface area contributed by atoms with Crippen LogP contribution >= 0.6 is 0 Å². The molecule has 3 aliphatic rings. The first-order valence-corrected chi connectivity index (χ1v) is 27.8. The highest BCUT2D eigenvalue weighted by atomic mass is 16.5. The zero-order valence-corrected chi connectivity index (χ0v) is 44.1. The fraction of sp³-hybridized carbons (Fsp3) is 0.178. The van der Waals surface area contributed by atoms with E-state index in [0.29, 0.717) is 37.2 Å². The van der Waals surface area contributed by atoms with E-state index in [2.05, 4.69) is 206 Å². The van der Waals surface area contributed by atoms with Gasteiger partial charge in [0, 0.05) is 13.2 Å². The Morgan fingerprint density at radius 1 is 0.266 bits per heavy atom. The Morgan fingerprint density at radius 2 is 0.544 bits per heavy atom. The number of fused-ring (bicyclic) bond motifs is 9. The van der Waals surface area contributed by atoms with E-state index in [4.69, 9.17) is 9.47 Å². The standard InChI is InChI=1S/C73H62O6/c74-41-13-15-49-29-31-53(71(51-33-37-55(38-34-51)78-45-43-76)63-23-7-1-17-57(63)58-18-2-8-24-64(58)71)47-69(49)73(67-27-11-5-21-61(67)62-22-6-12-28-68(62)73)70-48-54(32-30-50(70)16-14-42-75)72(52-35-39-56(40-36-52)79-46-44-77)65-25-9-3-19-59(65)60-20-4-10-26-66(60)72/h1-12,17-40,47-48,74-77H,13-16,41-46H2. The van der Waals surface area contributed by atoms with Gasteiger partial charge in [-0.3, -0.25) is 0 Å². The van der Waals surface area contributed by atoms with Gasteiger partial charge in [0.1, 0.15) is 24.7 Å². The third-order valence-corrected chi connectivity index (χ3v) is 17.3. The first-order chi connectivity index (χ1) is 39.0. The average molecular weight is 1040 g/mol. The van der Waals surface area contributed by atoms with E-state index in [1.54, 1.807) is 0 Å². The second kappa shape index (κ2) is 20.8. The minimum atomic E-state index is -0.920. The molecule has 0 amide bonds. The van der Waals surface area contributed by atoms with E-state index in [-0.39, 0.29) is 39.6 Å². The number of aryl methyl sites for hydroxylation is 2. The molecule has 0 unspecified atom stereocenters. The number of ether oxygens (including phenoxy) is 2. The zero-order valence-electron chi connectivity index (χ0n) is 44.1. The van der Waals surface area contributed by atoms with Crippen molar-refractivity contribution < 1.29 is 29.9 Å². The second-order valence-corrected chi connectivity index (χ2v) is 21.1. The highest BCUT2D eigenvalue weighted by molar-refractivity contribution is 5.91. The molecule has 0 saturated heterocycles. The van der Waals surface area contributed by atoms with Gasteiger partial charge in [0.2, 0.25) is 0 Å². The van der Waals surface area contributed by atoms with Gasteiger partial charge in [0.25, 0.3) is 0 Å². The van der Waals surface area contributed by atoms with Gasteiger partial charge in [-0.1, -0.05) is 206 Å². The van der Waals surface area contributed by atoms with E-state index in [1.165, 1.54) is 66.8 Å². The molecular weight excluding hydrogens is 973 g/mol. The third-order valence-electron chi connectivity index (χ3n) is 17.3. The summed E-state index contributed by atoms with van der Waals surface area (Å²) in [5.74, 6) is 1.38. The van der Waals surface area contributed by atoms with Crippen LogP contribution in [-0.2, 0) is 29.1 Å². The van der Waals surface area contributed by atoms with Crippen LogP contribution < -0.4 is 9.47 Å². The number of hydrogen-bond acceptors (Lipinski definition) is 6. The number of aliphatic hydroxyl groups is 4. The highest BCUT2D eigenvalue weighted by Crippen LogP contribution is 2.63. The lowest BCUT2D eigenvalue weighted by atomic mass is 9.60. The molecule has 0 atom stereocenters. The summed E-state index contributed by atoms with van der Waals surface area (Å²) in [6.45, 7) is 0.333. The molecule has 0 saturated carbocycles. The molecule has 0 aliphatic heterocycles. The van der Waals surface area contributed by atoms with E-state index in [9.17, 15) is 20.4 Å². The normalized spacial score (nSPS) is 14.4. The van der Waals surface area contributed by atoms with Gasteiger partial charge in [-0.15, -0.1) is 0 Å². The Hall–Kier alpha value is -8.36.